The number of amides is 1. The van der Waals surface area contributed by atoms with Crippen molar-refractivity contribution in [2.45, 2.75) is 11.4 Å². The molecule has 0 aliphatic carbocycles. The zero-order valence-corrected chi connectivity index (χ0v) is 14.0. The maximum Gasteiger partial charge on any atom is 0.232 e. The van der Waals surface area contributed by atoms with Crippen LogP contribution in [0.1, 0.15) is 5.56 Å². The number of nitrogens with zero attached hydrogens (tertiary/aromatic N) is 1. The summed E-state index contributed by atoms with van der Waals surface area (Å²) in [6.07, 6.45) is 0. The van der Waals surface area contributed by atoms with Gasteiger partial charge in [0.15, 0.2) is 0 Å². The van der Waals surface area contributed by atoms with Crippen molar-refractivity contribution in [1.82, 2.24) is 4.90 Å². The fourth-order valence-electron chi connectivity index (χ4n) is 1.76. The van der Waals surface area contributed by atoms with Crippen LogP contribution in [-0.4, -0.2) is 23.6 Å². The van der Waals surface area contributed by atoms with E-state index < -0.39 is 0 Å². The number of thioether (sulfide) groups is 1. The van der Waals surface area contributed by atoms with E-state index in [1.807, 2.05) is 24.3 Å². The van der Waals surface area contributed by atoms with Crippen LogP contribution in [0, 0.1) is 5.82 Å². The lowest BCUT2D eigenvalue weighted by molar-refractivity contribution is -0.127. The lowest BCUT2D eigenvalue weighted by Crippen LogP contribution is -2.27. The smallest absolute Gasteiger partial charge is 0.232 e. The fraction of sp³-hybridized carbons (Fsp3) is 0.188. The molecule has 0 fully saturated rings. The van der Waals surface area contributed by atoms with Crippen LogP contribution in [0.4, 0.5) is 4.39 Å². The minimum atomic E-state index is -0.286. The molecule has 0 saturated heterocycles. The van der Waals surface area contributed by atoms with Crippen molar-refractivity contribution in [3.05, 3.63) is 64.4 Å². The van der Waals surface area contributed by atoms with Crippen LogP contribution in [0.2, 0.25) is 0 Å². The maximum atomic E-state index is 13.5. The monoisotopic (exact) mass is 367 g/mol. The predicted octanol–water partition coefficient (Wildman–Crippen LogP) is 4.34. The fourth-order valence-corrected chi connectivity index (χ4v) is 2.91. The van der Waals surface area contributed by atoms with Gasteiger partial charge >= 0.3 is 0 Å². The first kappa shape index (κ1) is 16.0. The van der Waals surface area contributed by atoms with Gasteiger partial charge in [-0.15, -0.1) is 11.8 Å². The number of hydrogen-bond donors (Lipinski definition) is 0. The van der Waals surface area contributed by atoms with Crippen molar-refractivity contribution in [1.29, 1.82) is 0 Å². The molecular weight excluding hydrogens is 353 g/mol. The second-order valence-corrected chi connectivity index (χ2v) is 6.53. The third-order valence-electron chi connectivity index (χ3n) is 2.95. The van der Waals surface area contributed by atoms with Gasteiger partial charge < -0.3 is 4.90 Å². The average Bonchev–Trinajstić information content (AvgIpc) is 2.48. The highest BCUT2D eigenvalue weighted by Crippen LogP contribution is 2.21. The lowest BCUT2D eigenvalue weighted by Gasteiger charge is -2.17. The summed E-state index contributed by atoms with van der Waals surface area (Å²) in [6.45, 7) is 0.546. The number of halogens is 2. The molecule has 0 N–H and O–H groups in total. The normalized spacial score (nSPS) is 10.4. The molecule has 0 radical (unpaired) electrons. The first-order valence-corrected chi connectivity index (χ1v) is 8.20. The van der Waals surface area contributed by atoms with E-state index in [9.17, 15) is 9.18 Å². The standard InChI is InChI=1S/C16H15BrFNOS/c1-19(10-12-6-8-13(17)9-7-12)16(20)11-21-15-5-3-2-4-14(15)18/h2-9H,10-11H2,1H3. The van der Waals surface area contributed by atoms with E-state index in [1.165, 1.54) is 17.8 Å². The summed E-state index contributed by atoms with van der Waals surface area (Å²) >= 11 is 4.60. The molecule has 0 aromatic heterocycles. The minimum Gasteiger partial charge on any atom is -0.341 e. The van der Waals surface area contributed by atoms with Gasteiger partial charge in [0.05, 0.1) is 5.75 Å². The Balaban J connectivity index is 1.88. The highest BCUT2D eigenvalue weighted by Gasteiger charge is 2.11. The van der Waals surface area contributed by atoms with Crippen LogP contribution in [0.5, 0.6) is 0 Å². The summed E-state index contributed by atoms with van der Waals surface area (Å²) in [5, 5.41) is 0. The molecule has 0 aliphatic rings. The minimum absolute atomic E-state index is 0.0221. The van der Waals surface area contributed by atoms with Gasteiger partial charge in [-0.25, -0.2) is 4.39 Å². The van der Waals surface area contributed by atoms with Crippen molar-refractivity contribution >= 4 is 33.6 Å². The van der Waals surface area contributed by atoms with E-state index in [2.05, 4.69) is 15.9 Å². The highest BCUT2D eigenvalue weighted by atomic mass is 79.9. The number of hydrogen-bond acceptors (Lipinski definition) is 2. The molecule has 110 valence electrons. The lowest BCUT2D eigenvalue weighted by atomic mass is 10.2. The summed E-state index contributed by atoms with van der Waals surface area (Å²) in [5.41, 5.74) is 1.06. The van der Waals surface area contributed by atoms with Gasteiger partial charge in [-0.2, -0.15) is 0 Å². The second-order valence-electron chi connectivity index (χ2n) is 4.60. The quantitative estimate of drug-likeness (QED) is 0.732. The molecular formula is C16H15BrFNOS. The van der Waals surface area contributed by atoms with Crippen LogP contribution < -0.4 is 0 Å². The summed E-state index contributed by atoms with van der Waals surface area (Å²) in [4.78, 5) is 14.2. The van der Waals surface area contributed by atoms with E-state index in [1.54, 1.807) is 30.1 Å². The molecule has 0 atom stereocenters. The van der Waals surface area contributed by atoms with Crippen molar-refractivity contribution in [2.75, 3.05) is 12.8 Å². The van der Waals surface area contributed by atoms with E-state index in [0.29, 0.717) is 11.4 Å². The van der Waals surface area contributed by atoms with Crippen molar-refractivity contribution in [3.8, 4) is 0 Å². The zero-order valence-electron chi connectivity index (χ0n) is 11.6. The largest absolute Gasteiger partial charge is 0.341 e. The number of rotatable bonds is 5. The Morgan fingerprint density at radius 3 is 2.52 bits per heavy atom. The Morgan fingerprint density at radius 1 is 1.19 bits per heavy atom. The van der Waals surface area contributed by atoms with Gasteiger partial charge in [0.2, 0.25) is 5.91 Å². The molecule has 0 spiro atoms. The highest BCUT2D eigenvalue weighted by molar-refractivity contribution is 9.10. The molecule has 0 bridgehead atoms. The molecule has 2 aromatic rings. The van der Waals surface area contributed by atoms with Crippen molar-refractivity contribution in [3.63, 3.8) is 0 Å². The number of carbonyl (C=O) groups excluding carboxylic acids is 1. The molecule has 2 rings (SSSR count). The molecule has 5 heteroatoms. The average molecular weight is 368 g/mol. The van der Waals surface area contributed by atoms with Crippen LogP contribution in [-0.2, 0) is 11.3 Å². The molecule has 2 nitrogen and oxygen atoms in total. The molecule has 0 unspecified atom stereocenters. The molecule has 0 heterocycles. The van der Waals surface area contributed by atoms with Gasteiger partial charge in [-0.3, -0.25) is 4.79 Å². The zero-order chi connectivity index (χ0) is 15.2. The van der Waals surface area contributed by atoms with Crippen LogP contribution in [0.15, 0.2) is 57.9 Å². The topological polar surface area (TPSA) is 20.3 Å². The molecule has 0 aliphatic heterocycles. The summed E-state index contributed by atoms with van der Waals surface area (Å²) < 4.78 is 14.5. The summed E-state index contributed by atoms with van der Waals surface area (Å²) in [6, 6.07) is 14.3. The van der Waals surface area contributed by atoms with Crippen LogP contribution >= 0.6 is 27.7 Å². The first-order chi connectivity index (χ1) is 10.1. The van der Waals surface area contributed by atoms with Gasteiger partial charge in [0.1, 0.15) is 5.82 Å². The van der Waals surface area contributed by atoms with E-state index in [0.717, 1.165) is 10.0 Å². The van der Waals surface area contributed by atoms with Crippen LogP contribution in [0.3, 0.4) is 0 Å². The molecule has 0 saturated carbocycles. The van der Waals surface area contributed by atoms with Crippen molar-refractivity contribution < 1.29 is 9.18 Å². The first-order valence-electron chi connectivity index (χ1n) is 6.42. The Bertz CT molecular complexity index is 618. The molecule has 1 amide bonds. The predicted molar refractivity (Wildman–Crippen MR) is 87.7 cm³/mol. The van der Waals surface area contributed by atoms with E-state index in [4.69, 9.17) is 0 Å². The Labute approximate surface area is 136 Å². The maximum absolute atomic E-state index is 13.5. The summed E-state index contributed by atoms with van der Waals surface area (Å²) in [7, 11) is 1.76. The molecule has 2 aromatic carbocycles. The Kier molecular flexibility index (Phi) is 5.82. The van der Waals surface area contributed by atoms with E-state index in [-0.39, 0.29) is 17.5 Å². The van der Waals surface area contributed by atoms with Gasteiger partial charge in [-0.05, 0) is 29.8 Å². The van der Waals surface area contributed by atoms with E-state index >= 15 is 0 Å². The SMILES string of the molecule is CN(Cc1ccc(Br)cc1)C(=O)CSc1ccccc1F. The van der Waals surface area contributed by atoms with Gasteiger partial charge in [0, 0.05) is 23.0 Å². The number of benzene rings is 2. The second kappa shape index (κ2) is 7.61. The molecule has 21 heavy (non-hydrogen) atoms. The van der Waals surface area contributed by atoms with Gasteiger partial charge in [0.25, 0.3) is 0 Å². The third kappa shape index (κ3) is 4.86. The summed E-state index contributed by atoms with van der Waals surface area (Å²) in [5.74, 6) is -0.0782. The van der Waals surface area contributed by atoms with Crippen LogP contribution in [0.25, 0.3) is 0 Å². The van der Waals surface area contributed by atoms with Gasteiger partial charge in [-0.1, -0.05) is 40.2 Å². The third-order valence-corrected chi connectivity index (χ3v) is 4.51. The number of carbonyl (C=O) groups is 1. The van der Waals surface area contributed by atoms with Crippen molar-refractivity contribution in [2.24, 2.45) is 0 Å². The Hall–Kier alpha value is -1.33. The Morgan fingerprint density at radius 2 is 1.86 bits per heavy atom.